The van der Waals surface area contributed by atoms with E-state index in [0.29, 0.717) is 21.8 Å². The number of carbonyl (C=O) groups excluding carboxylic acids is 1. The van der Waals surface area contributed by atoms with Crippen molar-refractivity contribution in [1.29, 1.82) is 0 Å². The summed E-state index contributed by atoms with van der Waals surface area (Å²) in [6.07, 6.45) is 0. The van der Waals surface area contributed by atoms with Crippen molar-refractivity contribution in [2.75, 3.05) is 17.7 Å². The highest BCUT2D eigenvalue weighted by molar-refractivity contribution is 7.99. The molecule has 2 heterocycles. The Kier molecular flexibility index (Phi) is 5.67. The minimum atomic E-state index is -0.152. The lowest BCUT2D eigenvalue weighted by atomic mass is 10.1. The second-order valence-corrected chi connectivity index (χ2v) is 9.09. The van der Waals surface area contributed by atoms with Crippen molar-refractivity contribution in [1.82, 2.24) is 19.2 Å². The van der Waals surface area contributed by atoms with Gasteiger partial charge in [-0.15, -0.1) is 10.2 Å². The molecule has 2 aromatic heterocycles. The van der Waals surface area contributed by atoms with E-state index in [0.717, 1.165) is 22.5 Å². The smallest absolute Gasteiger partial charge is 0.267 e. The summed E-state index contributed by atoms with van der Waals surface area (Å²) >= 11 is 1.30. The van der Waals surface area contributed by atoms with E-state index in [2.05, 4.69) is 10.2 Å². The van der Waals surface area contributed by atoms with Crippen LogP contribution in [0.15, 0.2) is 82.7 Å². The van der Waals surface area contributed by atoms with Gasteiger partial charge in [0.1, 0.15) is 0 Å². The number of hydrogen-bond donors (Lipinski definition) is 0. The normalized spacial score (nSPS) is 11.3. The number of benzene rings is 3. The van der Waals surface area contributed by atoms with Gasteiger partial charge in [-0.2, -0.15) is 0 Å². The standard InChI is InChI=1S/C26H23N5O2S/c1-17-13-14-18(2)22(15-17)30-24(33)20-11-7-8-12-21(20)31-25(30)27-28-26(31)34-16-23(32)29(3)19-9-5-4-6-10-19/h4-15H,16H2,1-3H3. The Morgan fingerprint density at radius 1 is 0.971 bits per heavy atom. The van der Waals surface area contributed by atoms with Gasteiger partial charge in [-0.05, 0) is 55.3 Å². The van der Waals surface area contributed by atoms with E-state index >= 15 is 0 Å². The number of amides is 1. The Bertz CT molecular complexity index is 1590. The van der Waals surface area contributed by atoms with Crippen molar-refractivity contribution in [3.63, 3.8) is 0 Å². The number of para-hydroxylation sites is 2. The van der Waals surface area contributed by atoms with Crippen LogP contribution in [0.2, 0.25) is 0 Å². The van der Waals surface area contributed by atoms with Gasteiger partial charge >= 0.3 is 0 Å². The van der Waals surface area contributed by atoms with E-state index in [-0.39, 0.29) is 17.2 Å². The van der Waals surface area contributed by atoms with Gasteiger partial charge in [0.2, 0.25) is 11.7 Å². The van der Waals surface area contributed by atoms with Gasteiger partial charge < -0.3 is 4.90 Å². The van der Waals surface area contributed by atoms with Crippen LogP contribution in [0.4, 0.5) is 5.69 Å². The van der Waals surface area contributed by atoms with Gasteiger partial charge in [-0.25, -0.2) is 4.57 Å². The highest BCUT2D eigenvalue weighted by atomic mass is 32.2. The van der Waals surface area contributed by atoms with Crippen LogP contribution in [0.5, 0.6) is 0 Å². The zero-order chi connectivity index (χ0) is 23.8. The summed E-state index contributed by atoms with van der Waals surface area (Å²) in [5.41, 5.74) is 4.16. The molecule has 0 saturated carbocycles. The fraction of sp³-hybridized carbons (Fsp3) is 0.154. The van der Waals surface area contributed by atoms with Gasteiger partial charge in [-0.1, -0.05) is 54.2 Å². The SMILES string of the molecule is Cc1ccc(C)c(-n2c(=O)c3ccccc3n3c(SCC(=O)N(C)c4ccccc4)nnc23)c1. The second-order valence-electron chi connectivity index (χ2n) is 8.14. The monoisotopic (exact) mass is 469 g/mol. The number of rotatable bonds is 5. The molecule has 0 atom stereocenters. The molecule has 34 heavy (non-hydrogen) atoms. The minimum Gasteiger partial charge on any atom is -0.315 e. The number of thioether (sulfide) groups is 1. The van der Waals surface area contributed by atoms with Crippen LogP contribution < -0.4 is 10.5 Å². The summed E-state index contributed by atoms with van der Waals surface area (Å²) < 4.78 is 3.47. The first kappa shape index (κ1) is 21.9. The van der Waals surface area contributed by atoms with Crippen molar-refractivity contribution in [2.24, 2.45) is 0 Å². The first-order chi connectivity index (χ1) is 16.5. The van der Waals surface area contributed by atoms with E-state index in [4.69, 9.17) is 0 Å². The van der Waals surface area contributed by atoms with Gasteiger partial charge in [0, 0.05) is 12.7 Å². The largest absolute Gasteiger partial charge is 0.315 e. The van der Waals surface area contributed by atoms with Crippen molar-refractivity contribution in [3.8, 4) is 5.69 Å². The number of anilines is 1. The van der Waals surface area contributed by atoms with E-state index < -0.39 is 0 Å². The predicted octanol–water partition coefficient (Wildman–Crippen LogP) is 4.41. The summed E-state index contributed by atoms with van der Waals surface area (Å²) in [5.74, 6) is 0.548. The van der Waals surface area contributed by atoms with Crippen LogP contribution in [0.1, 0.15) is 11.1 Å². The lowest BCUT2D eigenvalue weighted by Gasteiger charge is -2.17. The summed E-state index contributed by atoms with van der Waals surface area (Å²) in [5, 5.41) is 9.88. The van der Waals surface area contributed by atoms with E-state index in [1.54, 1.807) is 16.5 Å². The second kappa shape index (κ2) is 8.79. The molecular formula is C26H23N5O2S. The third-order valence-electron chi connectivity index (χ3n) is 5.84. The van der Waals surface area contributed by atoms with Crippen molar-refractivity contribution in [2.45, 2.75) is 19.0 Å². The van der Waals surface area contributed by atoms with Crippen LogP contribution >= 0.6 is 11.8 Å². The van der Waals surface area contributed by atoms with Crippen molar-refractivity contribution in [3.05, 3.63) is 94.3 Å². The molecule has 0 aliphatic rings. The molecule has 170 valence electrons. The van der Waals surface area contributed by atoms with Crippen molar-refractivity contribution < 1.29 is 4.79 Å². The van der Waals surface area contributed by atoms with Crippen LogP contribution in [0.25, 0.3) is 22.4 Å². The fourth-order valence-corrected chi connectivity index (χ4v) is 4.82. The molecule has 0 aliphatic carbocycles. The molecule has 0 unspecified atom stereocenters. The Labute approximate surface area is 200 Å². The topological polar surface area (TPSA) is 72.5 Å². The molecule has 7 nitrogen and oxygen atoms in total. The summed E-state index contributed by atoms with van der Waals surface area (Å²) in [6.45, 7) is 3.96. The quantitative estimate of drug-likeness (QED) is 0.357. The summed E-state index contributed by atoms with van der Waals surface area (Å²) in [6, 6.07) is 22.9. The molecule has 0 saturated heterocycles. The molecule has 0 spiro atoms. The van der Waals surface area contributed by atoms with Crippen LogP contribution in [-0.4, -0.2) is 37.9 Å². The molecule has 0 fully saturated rings. The molecule has 5 aromatic rings. The molecule has 0 aliphatic heterocycles. The average molecular weight is 470 g/mol. The molecular weight excluding hydrogens is 446 g/mol. The van der Waals surface area contributed by atoms with Crippen LogP contribution in [0.3, 0.4) is 0 Å². The zero-order valence-electron chi connectivity index (χ0n) is 19.1. The first-order valence-electron chi connectivity index (χ1n) is 10.9. The number of nitrogens with zero attached hydrogens (tertiary/aromatic N) is 5. The minimum absolute atomic E-state index is 0.0555. The Hall–Kier alpha value is -3.91. The number of carbonyl (C=O) groups is 1. The van der Waals surface area contributed by atoms with Crippen LogP contribution in [0, 0.1) is 13.8 Å². The lowest BCUT2D eigenvalue weighted by Crippen LogP contribution is -2.28. The predicted molar refractivity (Wildman–Crippen MR) is 136 cm³/mol. The lowest BCUT2D eigenvalue weighted by molar-refractivity contribution is -0.115. The molecule has 0 bridgehead atoms. The van der Waals surface area contributed by atoms with Crippen LogP contribution in [-0.2, 0) is 4.79 Å². The maximum Gasteiger partial charge on any atom is 0.267 e. The molecule has 8 heteroatoms. The molecule has 5 rings (SSSR count). The van der Waals surface area contributed by atoms with E-state index in [9.17, 15) is 9.59 Å². The van der Waals surface area contributed by atoms with Gasteiger partial charge in [0.25, 0.3) is 5.56 Å². The Morgan fingerprint density at radius 2 is 1.71 bits per heavy atom. The number of fused-ring (bicyclic) bond motifs is 3. The highest BCUT2D eigenvalue weighted by Gasteiger charge is 2.20. The molecule has 1 amide bonds. The Morgan fingerprint density at radius 3 is 2.50 bits per heavy atom. The van der Waals surface area contributed by atoms with E-state index in [1.165, 1.54) is 11.8 Å². The maximum atomic E-state index is 13.5. The molecule has 0 N–H and O–H groups in total. The maximum absolute atomic E-state index is 13.5. The number of aromatic nitrogens is 4. The van der Waals surface area contributed by atoms with Crippen molar-refractivity contribution >= 4 is 40.0 Å². The summed E-state index contributed by atoms with van der Waals surface area (Å²) in [4.78, 5) is 28.0. The van der Waals surface area contributed by atoms with Gasteiger partial charge in [-0.3, -0.25) is 14.0 Å². The van der Waals surface area contributed by atoms with Gasteiger partial charge in [0.05, 0.1) is 22.3 Å². The Balaban J connectivity index is 1.61. The highest BCUT2D eigenvalue weighted by Crippen LogP contribution is 2.25. The number of hydrogen-bond acceptors (Lipinski definition) is 5. The number of aryl methyl sites for hydroxylation is 2. The zero-order valence-corrected chi connectivity index (χ0v) is 19.9. The fourth-order valence-electron chi connectivity index (χ4n) is 3.97. The molecule has 0 radical (unpaired) electrons. The average Bonchev–Trinajstić information content (AvgIpc) is 3.28. The van der Waals surface area contributed by atoms with E-state index in [1.807, 2.05) is 91.0 Å². The third-order valence-corrected chi connectivity index (χ3v) is 6.76. The third kappa shape index (κ3) is 3.76. The molecule has 3 aromatic carbocycles. The van der Waals surface area contributed by atoms with Gasteiger partial charge in [0.15, 0.2) is 5.16 Å². The summed E-state index contributed by atoms with van der Waals surface area (Å²) in [7, 11) is 1.76. The first-order valence-corrected chi connectivity index (χ1v) is 11.8.